The van der Waals surface area contributed by atoms with E-state index in [-0.39, 0.29) is 24.3 Å². The number of hydrogen-bond acceptors (Lipinski definition) is 5. The minimum Gasteiger partial charge on any atom is -0.330 e. The van der Waals surface area contributed by atoms with E-state index < -0.39 is 10.7 Å². The van der Waals surface area contributed by atoms with Crippen LogP contribution in [0.2, 0.25) is 0 Å². The summed E-state index contributed by atoms with van der Waals surface area (Å²) in [4.78, 5) is 20.9. The number of hydrogen-bond donors (Lipinski definition) is 2. The van der Waals surface area contributed by atoms with E-state index in [4.69, 9.17) is 5.73 Å². The Labute approximate surface area is 73.1 Å². The first kappa shape index (κ1) is 9.33. The molecule has 0 saturated heterocycles. The summed E-state index contributed by atoms with van der Waals surface area (Å²) in [5, 5.41) is 16.0. The van der Waals surface area contributed by atoms with Crippen LogP contribution < -0.4 is 5.73 Å². The number of nitrogens with one attached hydrogen (secondary N) is 1. The minimum absolute atomic E-state index is 0.0725. The molecule has 0 aliphatic rings. The molecule has 0 radical (unpaired) electrons. The molecular formula is C6H8N4O3. The summed E-state index contributed by atoms with van der Waals surface area (Å²) in [6, 6.07) is 0. The number of H-pyrrole nitrogens is 1. The van der Waals surface area contributed by atoms with Crippen molar-refractivity contribution in [3.8, 4) is 0 Å². The Morgan fingerprint density at radius 3 is 3.00 bits per heavy atom. The molecule has 3 N–H and O–H groups in total. The van der Waals surface area contributed by atoms with E-state index in [2.05, 4.69) is 10.2 Å². The van der Waals surface area contributed by atoms with Gasteiger partial charge >= 0.3 is 5.69 Å². The Kier molecular flexibility index (Phi) is 2.70. The molecule has 0 aliphatic heterocycles. The van der Waals surface area contributed by atoms with Crippen LogP contribution in [0.4, 0.5) is 5.69 Å². The van der Waals surface area contributed by atoms with Crippen LogP contribution >= 0.6 is 0 Å². The molecule has 0 aromatic carbocycles. The van der Waals surface area contributed by atoms with Crippen LogP contribution in [0.3, 0.4) is 0 Å². The fourth-order valence-corrected chi connectivity index (χ4v) is 0.880. The normalized spacial score (nSPS) is 9.92. The summed E-state index contributed by atoms with van der Waals surface area (Å²) in [5.74, 6) is -0.397. The molecule has 1 rings (SSSR count). The van der Waals surface area contributed by atoms with Crippen molar-refractivity contribution in [3.63, 3.8) is 0 Å². The van der Waals surface area contributed by atoms with Gasteiger partial charge in [0.2, 0.25) is 0 Å². The van der Waals surface area contributed by atoms with Crippen molar-refractivity contribution >= 4 is 11.5 Å². The smallest absolute Gasteiger partial charge is 0.317 e. The highest BCUT2D eigenvalue weighted by atomic mass is 16.6. The first-order valence-corrected chi connectivity index (χ1v) is 3.58. The van der Waals surface area contributed by atoms with Crippen LogP contribution in [0.1, 0.15) is 16.9 Å². The highest BCUT2D eigenvalue weighted by molar-refractivity contribution is 5.97. The summed E-state index contributed by atoms with van der Waals surface area (Å²) < 4.78 is 0. The van der Waals surface area contributed by atoms with Gasteiger partial charge in [0.1, 0.15) is 6.20 Å². The highest BCUT2D eigenvalue weighted by Crippen LogP contribution is 2.15. The third-order valence-corrected chi connectivity index (χ3v) is 1.47. The van der Waals surface area contributed by atoms with Gasteiger partial charge in [-0.15, -0.1) is 0 Å². The molecule has 1 aromatic heterocycles. The minimum atomic E-state index is -0.659. The van der Waals surface area contributed by atoms with E-state index >= 15 is 0 Å². The zero-order chi connectivity index (χ0) is 9.84. The van der Waals surface area contributed by atoms with Gasteiger partial charge in [-0.25, -0.2) is 0 Å². The highest BCUT2D eigenvalue weighted by Gasteiger charge is 2.21. The van der Waals surface area contributed by atoms with Crippen LogP contribution in [-0.4, -0.2) is 27.4 Å². The Morgan fingerprint density at radius 1 is 1.77 bits per heavy atom. The molecule has 0 amide bonds. The van der Waals surface area contributed by atoms with E-state index in [1.807, 2.05) is 0 Å². The maximum Gasteiger partial charge on any atom is 0.317 e. The summed E-state index contributed by atoms with van der Waals surface area (Å²) in [6.45, 7) is 0.162. The Bertz CT molecular complexity index is 332. The van der Waals surface area contributed by atoms with Gasteiger partial charge in [-0.3, -0.25) is 20.0 Å². The number of nitrogens with zero attached hydrogens (tertiary/aromatic N) is 2. The Hall–Kier alpha value is -1.76. The molecule has 7 heteroatoms. The van der Waals surface area contributed by atoms with Gasteiger partial charge in [0.05, 0.1) is 4.92 Å². The number of nitrogens with two attached hydrogens (primary N) is 1. The van der Waals surface area contributed by atoms with Gasteiger partial charge in [0.25, 0.3) is 0 Å². The summed E-state index contributed by atoms with van der Waals surface area (Å²) >= 11 is 0. The first-order valence-electron chi connectivity index (χ1n) is 3.58. The van der Waals surface area contributed by atoms with E-state index in [1.54, 1.807) is 0 Å². The van der Waals surface area contributed by atoms with Crippen LogP contribution in [0.25, 0.3) is 0 Å². The van der Waals surface area contributed by atoms with Gasteiger partial charge in [0.15, 0.2) is 11.5 Å². The van der Waals surface area contributed by atoms with Gasteiger partial charge in [-0.2, -0.15) is 5.10 Å². The maximum atomic E-state index is 11.2. The molecule has 0 fully saturated rings. The molecule has 0 unspecified atom stereocenters. The van der Waals surface area contributed by atoms with Crippen molar-refractivity contribution in [2.24, 2.45) is 5.73 Å². The first-order chi connectivity index (χ1) is 6.16. The Morgan fingerprint density at radius 2 is 2.46 bits per heavy atom. The summed E-state index contributed by atoms with van der Waals surface area (Å²) in [5.41, 5.74) is 4.74. The molecule has 13 heavy (non-hydrogen) atoms. The van der Waals surface area contributed by atoms with Crippen LogP contribution in [0.15, 0.2) is 6.20 Å². The number of Topliss-reactive ketones (excluding diaryl/α,β-unsaturated/α-hetero) is 1. The standard InChI is InChI=1S/C6H8N4O3/c7-2-1-5(11)6-4(10(12)13)3-8-9-6/h3H,1-2,7H2,(H,8,9). The number of carbonyl (C=O) groups is 1. The molecule has 1 aromatic rings. The lowest BCUT2D eigenvalue weighted by Gasteiger charge is -1.93. The summed E-state index contributed by atoms with van der Waals surface area (Å²) in [6.07, 6.45) is 1.08. The molecule has 0 bridgehead atoms. The second-order valence-electron chi connectivity index (χ2n) is 2.35. The third-order valence-electron chi connectivity index (χ3n) is 1.47. The van der Waals surface area contributed by atoms with Gasteiger partial charge < -0.3 is 5.73 Å². The number of nitro groups is 1. The zero-order valence-electron chi connectivity index (χ0n) is 6.69. The number of aromatic nitrogens is 2. The fraction of sp³-hybridized carbons (Fsp3) is 0.333. The number of aromatic amines is 1. The van der Waals surface area contributed by atoms with Crippen molar-refractivity contribution in [2.45, 2.75) is 6.42 Å². The molecule has 0 atom stereocenters. The topological polar surface area (TPSA) is 115 Å². The molecule has 1 heterocycles. The fourth-order valence-electron chi connectivity index (χ4n) is 0.880. The number of carbonyl (C=O) groups excluding carboxylic acids is 1. The lowest BCUT2D eigenvalue weighted by molar-refractivity contribution is -0.385. The Balaban J connectivity index is 2.93. The van der Waals surface area contributed by atoms with Gasteiger partial charge in [0, 0.05) is 6.42 Å². The van der Waals surface area contributed by atoms with E-state index in [0.717, 1.165) is 6.20 Å². The molecule has 0 saturated carbocycles. The van der Waals surface area contributed by atoms with E-state index in [1.165, 1.54) is 0 Å². The number of ketones is 1. The third kappa shape index (κ3) is 1.88. The van der Waals surface area contributed by atoms with Crippen molar-refractivity contribution in [1.29, 1.82) is 0 Å². The molecule has 0 aliphatic carbocycles. The van der Waals surface area contributed by atoms with Crippen molar-refractivity contribution in [2.75, 3.05) is 6.54 Å². The summed E-state index contributed by atoms with van der Waals surface area (Å²) in [7, 11) is 0. The zero-order valence-corrected chi connectivity index (χ0v) is 6.69. The van der Waals surface area contributed by atoms with Gasteiger partial charge in [-0.1, -0.05) is 0 Å². The van der Waals surface area contributed by atoms with Gasteiger partial charge in [-0.05, 0) is 6.54 Å². The van der Waals surface area contributed by atoms with E-state index in [0.29, 0.717) is 0 Å². The average molecular weight is 184 g/mol. The SMILES string of the molecule is NCCC(=O)c1[nH]ncc1[N+](=O)[O-]. The lowest BCUT2D eigenvalue weighted by Crippen LogP contribution is -2.10. The average Bonchev–Trinajstić information content (AvgIpc) is 2.52. The van der Waals surface area contributed by atoms with Crippen molar-refractivity contribution in [3.05, 3.63) is 22.0 Å². The molecule has 7 nitrogen and oxygen atoms in total. The molecular weight excluding hydrogens is 176 g/mol. The lowest BCUT2D eigenvalue weighted by atomic mass is 10.2. The molecule has 0 spiro atoms. The largest absolute Gasteiger partial charge is 0.330 e. The monoisotopic (exact) mass is 184 g/mol. The van der Waals surface area contributed by atoms with Crippen LogP contribution in [0.5, 0.6) is 0 Å². The van der Waals surface area contributed by atoms with Crippen LogP contribution in [-0.2, 0) is 0 Å². The van der Waals surface area contributed by atoms with Crippen molar-refractivity contribution in [1.82, 2.24) is 10.2 Å². The van der Waals surface area contributed by atoms with E-state index in [9.17, 15) is 14.9 Å². The predicted octanol–water partition coefficient (Wildman–Crippen LogP) is -0.151. The van der Waals surface area contributed by atoms with Crippen molar-refractivity contribution < 1.29 is 9.72 Å². The quantitative estimate of drug-likeness (QED) is 0.383. The van der Waals surface area contributed by atoms with Crippen LogP contribution in [0, 0.1) is 10.1 Å². The maximum absolute atomic E-state index is 11.2. The second kappa shape index (κ2) is 3.76. The number of rotatable bonds is 4. The molecule has 70 valence electrons. The predicted molar refractivity (Wildman–Crippen MR) is 43.2 cm³/mol. The second-order valence-corrected chi connectivity index (χ2v) is 2.35.